The Morgan fingerprint density at radius 3 is 2.58 bits per heavy atom. The van der Waals surface area contributed by atoms with Crippen LogP contribution in [0.15, 0.2) is 47.1 Å². The predicted molar refractivity (Wildman–Crippen MR) is 92.1 cm³/mol. The van der Waals surface area contributed by atoms with Crippen LogP contribution in [-0.4, -0.2) is 29.8 Å². The van der Waals surface area contributed by atoms with Crippen LogP contribution in [-0.2, 0) is 11.2 Å². The van der Waals surface area contributed by atoms with Gasteiger partial charge >= 0.3 is 0 Å². The van der Waals surface area contributed by atoms with Crippen molar-refractivity contribution in [2.75, 3.05) is 13.2 Å². The van der Waals surface area contributed by atoms with Crippen molar-refractivity contribution < 1.29 is 19.1 Å². The number of furan rings is 1. The number of aliphatic hydroxyl groups is 1. The van der Waals surface area contributed by atoms with Gasteiger partial charge in [0.2, 0.25) is 0 Å². The number of ether oxygens (including phenoxy) is 1. The van der Waals surface area contributed by atoms with E-state index in [4.69, 9.17) is 9.15 Å². The van der Waals surface area contributed by atoms with E-state index < -0.39 is 5.60 Å². The lowest BCUT2D eigenvalue weighted by atomic mass is 10.0. The summed E-state index contributed by atoms with van der Waals surface area (Å²) in [6.45, 7) is 5.94. The third kappa shape index (κ3) is 5.74. The molecule has 1 amide bonds. The molecule has 24 heavy (non-hydrogen) atoms. The fourth-order valence-corrected chi connectivity index (χ4v) is 2.29. The molecule has 1 unspecified atom stereocenters. The van der Waals surface area contributed by atoms with Gasteiger partial charge in [-0.15, -0.1) is 0 Å². The minimum absolute atomic E-state index is 0.0855. The van der Waals surface area contributed by atoms with Gasteiger partial charge in [0.1, 0.15) is 11.5 Å². The molecule has 0 radical (unpaired) electrons. The van der Waals surface area contributed by atoms with Crippen LogP contribution in [0.25, 0.3) is 0 Å². The van der Waals surface area contributed by atoms with Gasteiger partial charge in [-0.1, -0.05) is 26.0 Å². The molecule has 0 saturated carbocycles. The zero-order valence-electron chi connectivity index (χ0n) is 14.4. The number of nitrogens with one attached hydrogen (secondary N) is 1. The Labute approximate surface area is 142 Å². The van der Waals surface area contributed by atoms with Crippen LogP contribution < -0.4 is 10.1 Å². The molecule has 0 aliphatic rings. The molecule has 2 rings (SSSR count). The maximum Gasteiger partial charge on any atom is 0.258 e. The molecule has 2 N–H and O–H groups in total. The van der Waals surface area contributed by atoms with E-state index in [1.807, 2.05) is 24.3 Å². The SMILES string of the molecule is CC(C)c1ccc(OCC(=O)NCC(C)(O)Cc2ccco2)cc1. The number of amides is 1. The summed E-state index contributed by atoms with van der Waals surface area (Å²) in [6.07, 6.45) is 1.89. The minimum Gasteiger partial charge on any atom is -0.484 e. The molecule has 1 aromatic carbocycles. The monoisotopic (exact) mass is 331 g/mol. The molecule has 0 fully saturated rings. The maximum absolute atomic E-state index is 11.9. The first kappa shape index (κ1) is 18.1. The van der Waals surface area contributed by atoms with Crippen LogP contribution in [0.1, 0.15) is 38.0 Å². The molecular formula is C19H25NO4. The first-order valence-electron chi connectivity index (χ1n) is 8.10. The maximum atomic E-state index is 11.9. The molecule has 0 saturated heterocycles. The number of carbonyl (C=O) groups excluding carboxylic acids is 1. The first-order chi connectivity index (χ1) is 11.4. The molecule has 0 spiro atoms. The summed E-state index contributed by atoms with van der Waals surface area (Å²) in [5, 5.41) is 13.0. The Hall–Kier alpha value is -2.27. The van der Waals surface area contributed by atoms with Crippen LogP contribution in [0.5, 0.6) is 5.75 Å². The molecule has 5 heteroatoms. The summed E-state index contributed by atoms with van der Waals surface area (Å²) in [5.41, 5.74) is 0.146. The van der Waals surface area contributed by atoms with Gasteiger partial charge in [-0.3, -0.25) is 4.79 Å². The van der Waals surface area contributed by atoms with E-state index in [1.165, 1.54) is 5.56 Å². The van der Waals surface area contributed by atoms with E-state index in [0.29, 0.717) is 23.8 Å². The van der Waals surface area contributed by atoms with E-state index in [1.54, 1.807) is 25.3 Å². The Bertz CT molecular complexity index is 630. The highest BCUT2D eigenvalue weighted by molar-refractivity contribution is 5.77. The third-order valence-electron chi connectivity index (χ3n) is 3.72. The van der Waals surface area contributed by atoms with Crippen molar-refractivity contribution in [3.63, 3.8) is 0 Å². The van der Waals surface area contributed by atoms with Crippen molar-refractivity contribution in [2.24, 2.45) is 0 Å². The lowest BCUT2D eigenvalue weighted by Crippen LogP contribution is -2.43. The van der Waals surface area contributed by atoms with Crippen molar-refractivity contribution in [3.8, 4) is 5.75 Å². The number of hydrogen-bond acceptors (Lipinski definition) is 4. The van der Waals surface area contributed by atoms with Crippen LogP contribution in [0.3, 0.4) is 0 Å². The van der Waals surface area contributed by atoms with E-state index >= 15 is 0 Å². The molecule has 1 atom stereocenters. The fourth-order valence-electron chi connectivity index (χ4n) is 2.29. The van der Waals surface area contributed by atoms with Gasteiger partial charge in [0.05, 0.1) is 11.9 Å². The van der Waals surface area contributed by atoms with Crippen LogP contribution in [0.2, 0.25) is 0 Å². The molecule has 130 valence electrons. The fraction of sp³-hybridized carbons (Fsp3) is 0.421. The summed E-state index contributed by atoms with van der Waals surface area (Å²) >= 11 is 0. The van der Waals surface area contributed by atoms with E-state index in [-0.39, 0.29) is 19.1 Å². The van der Waals surface area contributed by atoms with E-state index in [9.17, 15) is 9.90 Å². The lowest BCUT2D eigenvalue weighted by Gasteiger charge is -2.22. The van der Waals surface area contributed by atoms with Crippen molar-refractivity contribution in [2.45, 2.75) is 38.7 Å². The van der Waals surface area contributed by atoms with Crippen molar-refractivity contribution >= 4 is 5.91 Å². The molecule has 0 aliphatic carbocycles. The summed E-state index contributed by atoms with van der Waals surface area (Å²) in [6, 6.07) is 11.3. The Kier molecular flexibility index (Phi) is 6.04. The zero-order chi connectivity index (χ0) is 17.6. The van der Waals surface area contributed by atoms with Gasteiger partial charge in [0.15, 0.2) is 6.61 Å². The highest BCUT2D eigenvalue weighted by Gasteiger charge is 2.23. The van der Waals surface area contributed by atoms with E-state index in [2.05, 4.69) is 19.2 Å². The average Bonchev–Trinajstić information content (AvgIpc) is 3.03. The Morgan fingerprint density at radius 2 is 2.00 bits per heavy atom. The van der Waals surface area contributed by atoms with E-state index in [0.717, 1.165) is 0 Å². The van der Waals surface area contributed by atoms with Crippen molar-refractivity contribution in [1.29, 1.82) is 0 Å². The van der Waals surface area contributed by atoms with Crippen molar-refractivity contribution in [1.82, 2.24) is 5.32 Å². The summed E-state index contributed by atoms with van der Waals surface area (Å²) in [5.74, 6) is 1.51. The quantitative estimate of drug-likeness (QED) is 0.780. The van der Waals surface area contributed by atoms with Crippen molar-refractivity contribution in [3.05, 3.63) is 54.0 Å². The lowest BCUT2D eigenvalue weighted by molar-refractivity contribution is -0.124. The smallest absolute Gasteiger partial charge is 0.258 e. The van der Waals surface area contributed by atoms with Gasteiger partial charge in [-0.25, -0.2) is 0 Å². The Balaban J connectivity index is 1.74. The van der Waals surface area contributed by atoms with Gasteiger partial charge < -0.3 is 19.6 Å². The number of benzene rings is 1. The zero-order valence-corrected chi connectivity index (χ0v) is 14.4. The van der Waals surface area contributed by atoms with Crippen LogP contribution in [0.4, 0.5) is 0 Å². The second kappa shape index (κ2) is 8.02. The highest BCUT2D eigenvalue weighted by atomic mass is 16.5. The molecule has 1 heterocycles. The molecule has 5 nitrogen and oxygen atoms in total. The summed E-state index contributed by atoms with van der Waals surface area (Å²) in [7, 11) is 0. The highest BCUT2D eigenvalue weighted by Crippen LogP contribution is 2.18. The number of hydrogen-bond donors (Lipinski definition) is 2. The normalized spacial score (nSPS) is 13.5. The van der Waals surface area contributed by atoms with Crippen LogP contribution in [0, 0.1) is 0 Å². The standard InChI is InChI=1S/C19H25NO4/c1-14(2)15-6-8-16(9-7-15)24-12-18(21)20-13-19(3,22)11-17-5-4-10-23-17/h4-10,14,22H,11-13H2,1-3H3,(H,20,21). The second-order valence-corrected chi connectivity index (χ2v) is 6.54. The number of carbonyl (C=O) groups is 1. The Morgan fingerprint density at radius 1 is 1.29 bits per heavy atom. The van der Waals surface area contributed by atoms with Gasteiger partial charge in [-0.05, 0) is 42.7 Å². The second-order valence-electron chi connectivity index (χ2n) is 6.54. The van der Waals surface area contributed by atoms with Crippen LogP contribution >= 0.6 is 0 Å². The minimum atomic E-state index is -1.08. The number of rotatable bonds is 8. The molecule has 2 aromatic rings. The molecule has 0 bridgehead atoms. The largest absolute Gasteiger partial charge is 0.484 e. The third-order valence-corrected chi connectivity index (χ3v) is 3.72. The molecule has 0 aliphatic heterocycles. The van der Waals surface area contributed by atoms with Gasteiger partial charge in [-0.2, -0.15) is 0 Å². The first-order valence-corrected chi connectivity index (χ1v) is 8.10. The predicted octanol–water partition coefficient (Wildman–Crippen LogP) is 2.89. The van der Waals surface area contributed by atoms with Gasteiger partial charge in [0.25, 0.3) is 5.91 Å². The molecule has 1 aromatic heterocycles. The average molecular weight is 331 g/mol. The molecular weight excluding hydrogens is 306 g/mol. The summed E-state index contributed by atoms with van der Waals surface area (Å²) in [4.78, 5) is 11.9. The van der Waals surface area contributed by atoms with Gasteiger partial charge in [0, 0.05) is 13.0 Å². The topological polar surface area (TPSA) is 71.7 Å². The summed E-state index contributed by atoms with van der Waals surface area (Å²) < 4.78 is 10.7.